The number of methoxy groups -OCH3 is 1. The van der Waals surface area contributed by atoms with Gasteiger partial charge in [-0.15, -0.1) is 11.6 Å². The monoisotopic (exact) mass is 718 g/mol. The van der Waals surface area contributed by atoms with E-state index < -0.39 is 20.2 Å². The van der Waals surface area contributed by atoms with Gasteiger partial charge in [0.05, 0.1) is 25.7 Å². The molecule has 0 spiro atoms. The normalized spacial score (nSPS) is 12.5. The summed E-state index contributed by atoms with van der Waals surface area (Å²) in [4.78, 5) is 20.6. The van der Waals surface area contributed by atoms with E-state index in [1.54, 1.807) is 16.9 Å². The lowest BCUT2D eigenvalue weighted by atomic mass is 10.1. The average Bonchev–Trinajstić information content (AvgIpc) is 3.49. The first-order valence-corrected chi connectivity index (χ1v) is 19.1. The van der Waals surface area contributed by atoms with Gasteiger partial charge in [0.2, 0.25) is 5.95 Å². The number of amides is 1. The van der Waals surface area contributed by atoms with Gasteiger partial charge in [-0.3, -0.25) is 10.00 Å². The Hall–Kier alpha value is -4.52. The summed E-state index contributed by atoms with van der Waals surface area (Å²) < 4.78 is 28.9. The van der Waals surface area contributed by atoms with Gasteiger partial charge in [-0.05, 0) is 34.3 Å². The van der Waals surface area contributed by atoms with Gasteiger partial charge in [0.25, 0.3) is 8.32 Å². The molecule has 0 aliphatic carbocycles. The number of carboxylic acid groups (broad SMARTS) is 1. The fraction of sp³-hybridized carbons (Fsp3) is 0.351. The molecule has 3 aromatic carbocycles. The third-order valence-electron chi connectivity index (χ3n) is 8.80. The molecule has 1 atom stereocenters. The summed E-state index contributed by atoms with van der Waals surface area (Å²) >= 11 is 6.02. The highest BCUT2D eigenvalue weighted by molar-refractivity contribution is 6.99. The summed E-state index contributed by atoms with van der Waals surface area (Å²) in [5, 5.41) is 22.1. The van der Waals surface area contributed by atoms with E-state index >= 15 is 0 Å². The molecular formula is C37H44ClFN6O4Si. The second-order valence-electron chi connectivity index (χ2n) is 13.2. The number of anilines is 2. The van der Waals surface area contributed by atoms with E-state index in [1.165, 1.54) is 23.5 Å². The van der Waals surface area contributed by atoms with Crippen LogP contribution in [0.1, 0.15) is 58.1 Å². The Kier molecular flexibility index (Phi) is 11.8. The Bertz CT molecular complexity index is 1870. The highest BCUT2D eigenvalue weighted by Crippen LogP contribution is 2.37. The number of alkyl halides is 1. The van der Waals surface area contributed by atoms with E-state index in [4.69, 9.17) is 20.8 Å². The third kappa shape index (κ3) is 7.93. The number of fused-ring (bicyclic) bond motifs is 1. The molecule has 2 heterocycles. The van der Waals surface area contributed by atoms with E-state index in [9.17, 15) is 14.3 Å². The molecule has 10 nitrogen and oxygen atoms in total. The lowest BCUT2D eigenvalue weighted by Gasteiger charge is -2.43. The summed E-state index contributed by atoms with van der Waals surface area (Å²) in [6.45, 7) is 9.56. The van der Waals surface area contributed by atoms with Gasteiger partial charge in [-0.25, -0.2) is 14.2 Å². The summed E-state index contributed by atoms with van der Waals surface area (Å²) in [7, 11) is -1.28. The molecule has 264 valence electrons. The topological polar surface area (TPSA) is 123 Å². The molecule has 0 unspecified atom stereocenters. The number of hydrogen-bond donors (Lipinski definition) is 3. The van der Waals surface area contributed by atoms with E-state index in [0.717, 1.165) is 12.8 Å². The van der Waals surface area contributed by atoms with Crippen molar-refractivity contribution in [3.63, 3.8) is 0 Å². The number of ether oxygens (including phenoxy) is 1. The Labute approximate surface area is 298 Å². The first-order valence-electron chi connectivity index (χ1n) is 16.7. The molecule has 13 heteroatoms. The van der Waals surface area contributed by atoms with Gasteiger partial charge in [-0.1, -0.05) is 94.8 Å². The van der Waals surface area contributed by atoms with Crippen LogP contribution in [0.2, 0.25) is 5.04 Å². The van der Waals surface area contributed by atoms with Crippen LogP contribution >= 0.6 is 11.6 Å². The summed E-state index contributed by atoms with van der Waals surface area (Å²) in [6, 6.07) is 23.9. The molecular weight excluding hydrogens is 675 g/mol. The van der Waals surface area contributed by atoms with Crippen LogP contribution in [0.4, 0.5) is 21.0 Å². The zero-order valence-corrected chi connectivity index (χ0v) is 30.8. The van der Waals surface area contributed by atoms with Crippen molar-refractivity contribution in [2.24, 2.45) is 0 Å². The Morgan fingerprint density at radius 3 is 2.24 bits per heavy atom. The Morgan fingerprint density at radius 2 is 1.68 bits per heavy atom. The summed E-state index contributed by atoms with van der Waals surface area (Å²) in [5.41, 5.74) is 2.00. The number of nitrogens with one attached hydrogen (secondary N) is 2. The maximum Gasteiger partial charge on any atom is 0.411 e. The van der Waals surface area contributed by atoms with Crippen LogP contribution in [0.15, 0.2) is 79.0 Å². The first kappa shape index (κ1) is 36.7. The quantitative estimate of drug-likeness (QED) is 0.0756. The first-order chi connectivity index (χ1) is 24.0. The zero-order chi connectivity index (χ0) is 35.9. The van der Waals surface area contributed by atoms with Crippen molar-refractivity contribution in [2.75, 3.05) is 24.4 Å². The predicted octanol–water partition coefficient (Wildman–Crippen LogP) is 7.40. The van der Waals surface area contributed by atoms with Crippen LogP contribution in [0, 0.1) is 5.82 Å². The van der Waals surface area contributed by atoms with Crippen molar-refractivity contribution in [1.29, 1.82) is 0 Å². The molecule has 1 amide bonds. The molecule has 0 radical (unpaired) electrons. The molecule has 0 aliphatic rings. The number of aromatic nitrogens is 4. The van der Waals surface area contributed by atoms with Crippen LogP contribution in [0.25, 0.3) is 11.0 Å². The van der Waals surface area contributed by atoms with Crippen molar-refractivity contribution >= 4 is 59.2 Å². The average molecular weight is 719 g/mol. The Morgan fingerprint density at radius 1 is 1.02 bits per heavy atom. The molecule has 5 rings (SSSR count). The molecule has 3 N–H and O–H groups in total. The minimum absolute atomic E-state index is 0.00249. The van der Waals surface area contributed by atoms with E-state index in [1.807, 2.05) is 12.1 Å². The van der Waals surface area contributed by atoms with Crippen molar-refractivity contribution in [2.45, 2.75) is 70.5 Å². The predicted molar refractivity (Wildman–Crippen MR) is 199 cm³/mol. The van der Waals surface area contributed by atoms with E-state index in [0.29, 0.717) is 46.8 Å². The highest BCUT2D eigenvalue weighted by Gasteiger charge is 2.50. The fourth-order valence-corrected chi connectivity index (χ4v) is 11.3. The SMILES string of the molecule is CCC[C@@H](CCO[Si](c1ccccc1)(c1ccccc1)C(C)(C)C)Nc1nc(NC(=O)O)nc2cnn(Cc3cc(CCl)c(F)cc3OC)c12. The van der Waals surface area contributed by atoms with Crippen molar-refractivity contribution in [3.05, 3.63) is 95.9 Å². The fourth-order valence-electron chi connectivity index (χ4n) is 6.55. The lowest BCUT2D eigenvalue weighted by molar-refractivity contribution is 0.209. The molecule has 2 aromatic heterocycles. The maximum atomic E-state index is 14.5. The van der Waals surface area contributed by atoms with Gasteiger partial charge in [0, 0.05) is 29.8 Å². The lowest BCUT2D eigenvalue weighted by Crippen LogP contribution is -2.66. The highest BCUT2D eigenvalue weighted by atomic mass is 35.5. The third-order valence-corrected chi connectivity index (χ3v) is 14.1. The zero-order valence-electron chi connectivity index (χ0n) is 29.0. The van der Waals surface area contributed by atoms with Gasteiger partial charge < -0.3 is 19.6 Å². The number of benzene rings is 3. The van der Waals surface area contributed by atoms with Crippen molar-refractivity contribution in [3.8, 4) is 5.75 Å². The summed E-state index contributed by atoms with van der Waals surface area (Å²) in [6.07, 6.45) is 2.62. The molecule has 0 saturated carbocycles. The van der Waals surface area contributed by atoms with Crippen LogP contribution in [0.3, 0.4) is 0 Å². The second kappa shape index (κ2) is 16.0. The molecule has 0 fully saturated rings. The van der Waals surface area contributed by atoms with Crippen molar-refractivity contribution < 1.29 is 23.5 Å². The molecule has 5 aromatic rings. The Balaban J connectivity index is 1.50. The molecule has 0 saturated heterocycles. The maximum absolute atomic E-state index is 14.5. The minimum Gasteiger partial charge on any atom is -0.496 e. The van der Waals surface area contributed by atoms with Crippen molar-refractivity contribution in [1.82, 2.24) is 19.7 Å². The molecule has 50 heavy (non-hydrogen) atoms. The van der Waals surface area contributed by atoms with Crippen LogP contribution < -0.4 is 25.7 Å². The number of rotatable bonds is 15. The van der Waals surface area contributed by atoms with Crippen LogP contribution in [-0.2, 0) is 16.9 Å². The minimum atomic E-state index is -2.76. The number of halogens is 2. The molecule has 0 aliphatic heterocycles. The van der Waals surface area contributed by atoms with Gasteiger partial charge >= 0.3 is 6.09 Å². The smallest absolute Gasteiger partial charge is 0.411 e. The largest absolute Gasteiger partial charge is 0.496 e. The number of hydrogen-bond acceptors (Lipinski definition) is 7. The van der Waals surface area contributed by atoms with Crippen LogP contribution in [-0.4, -0.2) is 59.0 Å². The van der Waals surface area contributed by atoms with Gasteiger partial charge in [0.1, 0.15) is 22.6 Å². The second-order valence-corrected chi connectivity index (χ2v) is 17.8. The van der Waals surface area contributed by atoms with E-state index in [-0.39, 0.29) is 29.5 Å². The van der Waals surface area contributed by atoms with Gasteiger partial charge in [-0.2, -0.15) is 10.1 Å². The summed E-state index contributed by atoms with van der Waals surface area (Å²) in [5.74, 6) is 0.235. The standard InChI is InChI=1S/C37H44ClFN6O4Si/c1-6-13-27(18-19-49-50(37(2,3)4,28-14-9-7-10-15-28)29-16-11-8-12-17-29)41-34-33-31(42-35(43-34)44-36(46)47)23-40-45(33)24-26-20-25(22-38)30(39)21-32(26)48-5/h7-12,14-17,20-21,23,27H,6,13,18-19,22,24H2,1-5H3,(H,46,47)(H2,41,42,43,44)/t27-/m0/s1. The molecule has 0 bridgehead atoms. The number of carbonyl (C=O) groups is 1. The number of nitrogens with zero attached hydrogens (tertiary/aromatic N) is 4. The van der Waals surface area contributed by atoms with Gasteiger partial charge in [0.15, 0.2) is 5.82 Å². The van der Waals surface area contributed by atoms with E-state index in [2.05, 4.69) is 102 Å². The van der Waals surface area contributed by atoms with Crippen LogP contribution in [0.5, 0.6) is 5.75 Å².